The largest absolute Gasteiger partial charge is 0.455 e. The normalized spacial score (nSPS) is 11.9. The van der Waals surface area contributed by atoms with Gasteiger partial charge in [-0.15, -0.1) is 0 Å². The van der Waals surface area contributed by atoms with Crippen molar-refractivity contribution in [2.24, 2.45) is 0 Å². The van der Waals surface area contributed by atoms with E-state index >= 15 is 0 Å². The van der Waals surface area contributed by atoms with E-state index in [9.17, 15) is 0 Å². The van der Waals surface area contributed by atoms with Gasteiger partial charge >= 0.3 is 0 Å². The van der Waals surface area contributed by atoms with Crippen molar-refractivity contribution in [3.8, 4) is 39.9 Å². The summed E-state index contributed by atoms with van der Waals surface area (Å²) in [6, 6.07) is 63.9. The highest BCUT2D eigenvalue weighted by Crippen LogP contribution is 2.44. The fourth-order valence-electron chi connectivity index (χ4n) is 8.58. The molecule has 0 bridgehead atoms. The van der Waals surface area contributed by atoms with Crippen molar-refractivity contribution >= 4 is 76.1 Å². The van der Waals surface area contributed by atoms with Gasteiger partial charge in [0.1, 0.15) is 11.2 Å². The molecule has 0 spiro atoms. The van der Waals surface area contributed by atoms with Crippen LogP contribution in [0, 0.1) is 0 Å². The number of hydrogen-bond acceptors (Lipinski definition) is 4. The number of para-hydroxylation sites is 2. The van der Waals surface area contributed by atoms with E-state index in [0.29, 0.717) is 17.5 Å². The summed E-state index contributed by atoms with van der Waals surface area (Å²) in [6.45, 7) is 0. The molecule has 3 heterocycles. The summed E-state index contributed by atoms with van der Waals surface area (Å²) in [6.07, 6.45) is 0. The van der Waals surface area contributed by atoms with Crippen molar-refractivity contribution in [2.45, 2.75) is 0 Å². The van der Waals surface area contributed by atoms with E-state index in [0.717, 1.165) is 71.5 Å². The summed E-state index contributed by atoms with van der Waals surface area (Å²) in [4.78, 5) is 15.2. The van der Waals surface area contributed by atoms with Crippen LogP contribution in [0.3, 0.4) is 0 Å². The number of hydrogen-bond donors (Lipinski definition) is 0. The van der Waals surface area contributed by atoms with Gasteiger partial charge in [0, 0.05) is 38.2 Å². The zero-order valence-electron chi connectivity index (χ0n) is 30.0. The highest BCUT2D eigenvalue weighted by Gasteiger charge is 2.22. The molecule has 5 nitrogen and oxygen atoms in total. The van der Waals surface area contributed by atoms with E-state index in [4.69, 9.17) is 19.4 Å². The molecule has 0 N–H and O–H groups in total. The zero-order valence-corrected chi connectivity index (χ0v) is 30.0. The lowest BCUT2D eigenvalue weighted by Crippen LogP contribution is -2.00. The molecule has 5 heteroatoms. The van der Waals surface area contributed by atoms with E-state index < -0.39 is 0 Å². The maximum absolute atomic E-state index is 6.85. The van der Waals surface area contributed by atoms with Crippen molar-refractivity contribution < 1.29 is 4.42 Å². The average molecular weight is 715 g/mol. The van der Waals surface area contributed by atoms with Gasteiger partial charge < -0.3 is 8.98 Å². The summed E-state index contributed by atoms with van der Waals surface area (Å²) in [5, 5.41) is 11.5. The van der Waals surface area contributed by atoms with E-state index in [2.05, 4.69) is 150 Å². The summed E-state index contributed by atoms with van der Waals surface area (Å²) >= 11 is 0. The second-order valence-electron chi connectivity index (χ2n) is 14.4. The lowest BCUT2D eigenvalue weighted by atomic mass is 10.0. The van der Waals surface area contributed by atoms with Crippen LogP contribution in [0.5, 0.6) is 0 Å². The molecule has 56 heavy (non-hydrogen) atoms. The van der Waals surface area contributed by atoms with E-state index in [1.165, 1.54) is 26.9 Å². The third kappa shape index (κ3) is 4.64. The van der Waals surface area contributed by atoms with E-state index in [1.807, 2.05) is 36.4 Å². The van der Waals surface area contributed by atoms with Crippen molar-refractivity contribution in [2.75, 3.05) is 0 Å². The Balaban J connectivity index is 1.12. The Kier molecular flexibility index (Phi) is 6.56. The smallest absolute Gasteiger partial charge is 0.164 e. The summed E-state index contributed by atoms with van der Waals surface area (Å²) in [7, 11) is 0. The summed E-state index contributed by atoms with van der Waals surface area (Å²) in [5.41, 5.74) is 7.83. The fraction of sp³-hybridized carbons (Fsp3) is 0. The minimum Gasteiger partial charge on any atom is -0.455 e. The minimum atomic E-state index is 0.603. The van der Waals surface area contributed by atoms with Crippen LogP contribution in [0.2, 0.25) is 0 Å². The molecule has 0 fully saturated rings. The lowest BCUT2D eigenvalue weighted by molar-refractivity contribution is 0.672. The van der Waals surface area contributed by atoms with Gasteiger partial charge in [-0.1, -0.05) is 146 Å². The Hall–Kier alpha value is -7.63. The molecule has 0 saturated carbocycles. The van der Waals surface area contributed by atoms with Crippen LogP contribution in [-0.2, 0) is 0 Å². The molecule has 3 aromatic heterocycles. The minimum absolute atomic E-state index is 0.603. The average Bonchev–Trinajstić information content (AvgIpc) is 3.83. The molecule has 0 aliphatic heterocycles. The number of rotatable bonds is 4. The second kappa shape index (κ2) is 11.9. The molecule has 9 aromatic carbocycles. The van der Waals surface area contributed by atoms with Crippen molar-refractivity contribution in [1.82, 2.24) is 19.5 Å². The first-order valence-electron chi connectivity index (χ1n) is 18.9. The SMILES string of the molecule is c1ccc(-c2nc(-c3ccc4ccccc4c3)nc(-c3ccc4cc(-n5c6ccccc6c6c7ccccc7ccc65)c5c6ccccc6oc5c4c3)n2)cc1. The molecule has 0 atom stereocenters. The van der Waals surface area contributed by atoms with Crippen molar-refractivity contribution in [1.29, 1.82) is 0 Å². The number of nitrogens with zero attached hydrogens (tertiary/aromatic N) is 4. The van der Waals surface area contributed by atoms with Crippen LogP contribution >= 0.6 is 0 Å². The second-order valence-corrected chi connectivity index (χ2v) is 14.4. The highest BCUT2D eigenvalue weighted by molar-refractivity contribution is 6.24. The Bertz CT molecular complexity index is 3540. The summed E-state index contributed by atoms with van der Waals surface area (Å²) < 4.78 is 9.27. The van der Waals surface area contributed by atoms with Crippen LogP contribution in [0.25, 0.3) is 116 Å². The Morgan fingerprint density at radius 1 is 0.357 bits per heavy atom. The number of furan rings is 1. The first-order valence-corrected chi connectivity index (χ1v) is 18.9. The fourth-order valence-corrected chi connectivity index (χ4v) is 8.58. The molecule has 0 aliphatic rings. The van der Waals surface area contributed by atoms with Crippen LogP contribution in [-0.4, -0.2) is 19.5 Å². The Labute approximate surface area is 320 Å². The van der Waals surface area contributed by atoms with Gasteiger partial charge in [0.15, 0.2) is 17.5 Å². The van der Waals surface area contributed by atoms with Gasteiger partial charge in [0.25, 0.3) is 0 Å². The van der Waals surface area contributed by atoms with E-state index in [1.54, 1.807) is 0 Å². The van der Waals surface area contributed by atoms with Crippen LogP contribution in [0.4, 0.5) is 0 Å². The molecule has 260 valence electrons. The van der Waals surface area contributed by atoms with Gasteiger partial charge in [0.05, 0.1) is 22.1 Å². The molecule has 12 aromatic rings. The maximum atomic E-state index is 6.85. The van der Waals surface area contributed by atoms with E-state index in [-0.39, 0.29) is 0 Å². The lowest BCUT2D eigenvalue weighted by Gasteiger charge is -2.13. The number of benzene rings is 9. The van der Waals surface area contributed by atoms with Gasteiger partial charge in [-0.05, 0) is 63.3 Å². The Morgan fingerprint density at radius 3 is 1.79 bits per heavy atom. The quantitative estimate of drug-likeness (QED) is 0.182. The molecule has 12 rings (SSSR count). The molecule has 0 unspecified atom stereocenters. The van der Waals surface area contributed by atoms with Crippen LogP contribution in [0.15, 0.2) is 186 Å². The summed E-state index contributed by atoms with van der Waals surface area (Å²) in [5.74, 6) is 1.86. The maximum Gasteiger partial charge on any atom is 0.164 e. The molecular formula is C51H30N4O. The van der Waals surface area contributed by atoms with Gasteiger partial charge in [-0.2, -0.15) is 0 Å². The molecular weight excluding hydrogens is 685 g/mol. The highest BCUT2D eigenvalue weighted by atomic mass is 16.3. The van der Waals surface area contributed by atoms with Gasteiger partial charge in [-0.3, -0.25) is 0 Å². The monoisotopic (exact) mass is 714 g/mol. The molecule has 0 saturated heterocycles. The van der Waals surface area contributed by atoms with Gasteiger partial charge in [0.2, 0.25) is 0 Å². The van der Waals surface area contributed by atoms with Crippen molar-refractivity contribution in [3.63, 3.8) is 0 Å². The van der Waals surface area contributed by atoms with Crippen LogP contribution < -0.4 is 0 Å². The molecule has 0 aliphatic carbocycles. The first-order chi connectivity index (χ1) is 27.7. The van der Waals surface area contributed by atoms with Crippen LogP contribution in [0.1, 0.15) is 0 Å². The molecule has 0 amide bonds. The molecule has 0 radical (unpaired) electrons. The van der Waals surface area contributed by atoms with Crippen molar-refractivity contribution in [3.05, 3.63) is 182 Å². The zero-order chi connectivity index (χ0) is 36.7. The standard InChI is InChI=1S/C51H30N4O/c1-2-14-33(15-3-1)49-52-50(36-24-22-31-12-4-5-16-34(31)28-36)54-51(53-49)37-25-23-35-30-44(47-40-19-9-11-21-45(40)56-48(47)41(35)29-37)55-42-20-10-8-18-39(42)46-38-17-7-6-13-32(38)26-27-43(46)55/h1-30H. The Morgan fingerprint density at radius 2 is 0.964 bits per heavy atom. The predicted octanol–water partition coefficient (Wildman–Crippen LogP) is 13.3. The third-order valence-electron chi connectivity index (χ3n) is 11.2. The predicted molar refractivity (Wildman–Crippen MR) is 230 cm³/mol. The third-order valence-corrected chi connectivity index (χ3v) is 11.2. The first kappa shape index (κ1) is 30.8. The topological polar surface area (TPSA) is 56.7 Å². The number of aromatic nitrogens is 4. The number of fused-ring (bicyclic) bond motifs is 11. The van der Waals surface area contributed by atoms with Gasteiger partial charge in [-0.25, -0.2) is 15.0 Å².